The Balaban J connectivity index is 2.58. The topological polar surface area (TPSA) is 73.4 Å². The van der Waals surface area contributed by atoms with Crippen LogP contribution in [0.5, 0.6) is 0 Å². The molecule has 0 fully saturated rings. The minimum atomic E-state index is -0.306. The molecule has 0 aliphatic carbocycles. The zero-order chi connectivity index (χ0) is 14.2. The van der Waals surface area contributed by atoms with Crippen molar-refractivity contribution in [1.29, 1.82) is 5.26 Å². The van der Waals surface area contributed by atoms with Crippen LogP contribution in [0.25, 0.3) is 0 Å². The van der Waals surface area contributed by atoms with Crippen LogP contribution < -0.4 is 15.5 Å². The van der Waals surface area contributed by atoms with Gasteiger partial charge in [0, 0.05) is 19.1 Å². The third-order valence-electron chi connectivity index (χ3n) is 3.65. The van der Waals surface area contributed by atoms with E-state index in [0.29, 0.717) is 18.7 Å². The zero-order valence-electron chi connectivity index (χ0n) is 11.5. The number of anilines is 2. The van der Waals surface area contributed by atoms with Crippen molar-refractivity contribution in [2.24, 2.45) is 5.73 Å². The molecule has 0 atom stereocenters. The highest BCUT2D eigenvalue weighted by Crippen LogP contribution is 2.37. The van der Waals surface area contributed by atoms with Crippen LogP contribution in [0.4, 0.5) is 11.4 Å². The van der Waals surface area contributed by atoms with Crippen LogP contribution in [-0.2, 0) is 4.79 Å². The van der Waals surface area contributed by atoms with Crippen LogP contribution in [0.15, 0.2) is 18.2 Å². The van der Waals surface area contributed by atoms with E-state index in [1.807, 2.05) is 24.8 Å². The molecule has 100 valence electrons. The van der Waals surface area contributed by atoms with Crippen molar-refractivity contribution in [3.05, 3.63) is 23.8 Å². The van der Waals surface area contributed by atoms with Gasteiger partial charge in [0.05, 0.1) is 29.6 Å². The minimum Gasteiger partial charge on any atom is -0.354 e. The van der Waals surface area contributed by atoms with Gasteiger partial charge in [-0.05, 0) is 32.0 Å². The molecule has 19 heavy (non-hydrogen) atoms. The smallest absolute Gasteiger partial charge is 0.246 e. The number of nitrogens with two attached hydrogens (primary N) is 1. The van der Waals surface area contributed by atoms with Gasteiger partial charge in [-0.15, -0.1) is 0 Å². The second-order valence-corrected chi connectivity index (χ2v) is 5.37. The van der Waals surface area contributed by atoms with Crippen molar-refractivity contribution in [1.82, 2.24) is 0 Å². The van der Waals surface area contributed by atoms with Crippen LogP contribution in [0.3, 0.4) is 0 Å². The van der Waals surface area contributed by atoms with Crippen LogP contribution in [0, 0.1) is 11.3 Å². The van der Waals surface area contributed by atoms with Crippen molar-refractivity contribution in [3.63, 3.8) is 0 Å². The highest BCUT2D eigenvalue weighted by molar-refractivity contribution is 6.03. The van der Waals surface area contributed by atoms with E-state index < -0.39 is 0 Å². The molecule has 5 heteroatoms. The maximum atomic E-state index is 12.1. The zero-order valence-corrected chi connectivity index (χ0v) is 11.5. The number of likely N-dealkylation sites (N-methyl/N-ethyl adjacent to an activating group) is 1. The second kappa shape index (κ2) is 4.56. The number of hydrogen-bond acceptors (Lipinski definition) is 4. The first-order valence-electron chi connectivity index (χ1n) is 6.19. The molecule has 1 aliphatic heterocycles. The van der Waals surface area contributed by atoms with E-state index in [1.54, 1.807) is 24.1 Å². The first-order valence-corrected chi connectivity index (χ1v) is 6.19. The lowest BCUT2D eigenvalue weighted by Crippen LogP contribution is -2.56. The van der Waals surface area contributed by atoms with Crippen molar-refractivity contribution in [2.75, 3.05) is 29.9 Å². The van der Waals surface area contributed by atoms with Gasteiger partial charge in [0.25, 0.3) is 0 Å². The van der Waals surface area contributed by atoms with Crippen molar-refractivity contribution in [2.45, 2.75) is 19.4 Å². The third-order valence-corrected chi connectivity index (χ3v) is 3.65. The molecule has 2 rings (SSSR count). The van der Waals surface area contributed by atoms with Gasteiger partial charge >= 0.3 is 0 Å². The van der Waals surface area contributed by atoms with E-state index in [1.165, 1.54) is 0 Å². The monoisotopic (exact) mass is 258 g/mol. The summed E-state index contributed by atoms with van der Waals surface area (Å²) in [5.74, 6) is 0.00381. The van der Waals surface area contributed by atoms with Gasteiger partial charge in [0.2, 0.25) is 5.91 Å². The highest BCUT2D eigenvalue weighted by Gasteiger charge is 2.34. The van der Waals surface area contributed by atoms with Crippen LogP contribution in [0.1, 0.15) is 19.4 Å². The Morgan fingerprint density at radius 2 is 2.11 bits per heavy atom. The number of carbonyl (C=O) groups excluding carboxylic acids is 1. The number of rotatable bonds is 2. The summed E-state index contributed by atoms with van der Waals surface area (Å²) in [5, 5.41) is 8.98. The summed E-state index contributed by atoms with van der Waals surface area (Å²) in [6.07, 6.45) is 0. The fraction of sp³-hybridized carbons (Fsp3) is 0.429. The van der Waals surface area contributed by atoms with Gasteiger partial charge in [-0.3, -0.25) is 4.79 Å². The average Bonchev–Trinajstić information content (AvgIpc) is 2.42. The number of amides is 1. The van der Waals surface area contributed by atoms with Gasteiger partial charge in [-0.2, -0.15) is 5.26 Å². The average molecular weight is 258 g/mol. The molecule has 5 nitrogen and oxygen atoms in total. The lowest BCUT2D eigenvalue weighted by atomic mass is 9.98. The molecule has 0 bridgehead atoms. The molecule has 1 aliphatic rings. The molecule has 0 spiro atoms. The van der Waals surface area contributed by atoms with Gasteiger partial charge in [-0.25, -0.2) is 0 Å². The molecule has 0 radical (unpaired) electrons. The molecule has 0 aromatic heterocycles. The first kappa shape index (κ1) is 13.4. The molecule has 1 aromatic carbocycles. The Morgan fingerprint density at radius 1 is 1.42 bits per heavy atom. The Hall–Kier alpha value is -2.06. The van der Waals surface area contributed by atoms with Gasteiger partial charge in [-0.1, -0.05) is 0 Å². The summed E-state index contributed by atoms with van der Waals surface area (Å²) < 4.78 is 0. The summed E-state index contributed by atoms with van der Waals surface area (Å²) in [5.41, 5.74) is 7.76. The standard InChI is InChI=1S/C14H18N4O/c1-14(2,9-16)18-8-13(19)17(3)12-6-10(7-15)4-5-11(12)18/h4-6H,8-9,16H2,1-3H3. The SMILES string of the molecule is CN1C(=O)CN(C(C)(C)CN)c2ccc(C#N)cc21. The Bertz CT molecular complexity index is 559. The minimum absolute atomic E-state index is 0.00381. The summed E-state index contributed by atoms with van der Waals surface area (Å²) in [6, 6.07) is 7.49. The lowest BCUT2D eigenvalue weighted by Gasteiger charge is -2.44. The van der Waals surface area contributed by atoms with Crippen molar-refractivity contribution in [3.8, 4) is 6.07 Å². The fourth-order valence-corrected chi connectivity index (χ4v) is 2.20. The number of nitrogens with zero attached hydrogens (tertiary/aromatic N) is 3. The van der Waals surface area contributed by atoms with E-state index in [9.17, 15) is 4.79 Å². The molecule has 2 N–H and O–H groups in total. The summed E-state index contributed by atoms with van der Waals surface area (Å²) in [4.78, 5) is 15.7. The first-order chi connectivity index (χ1) is 8.90. The van der Waals surface area contributed by atoms with Gasteiger partial charge in [0.1, 0.15) is 0 Å². The fourth-order valence-electron chi connectivity index (χ4n) is 2.20. The van der Waals surface area contributed by atoms with Crippen LogP contribution in [0.2, 0.25) is 0 Å². The largest absolute Gasteiger partial charge is 0.354 e. The maximum Gasteiger partial charge on any atom is 0.246 e. The predicted octanol–water partition coefficient (Wildman–Crippen LogP) is 1.08. The molecular formula is C14H18N4O. The Morgan fingerprint density at radius 3 is 2.68 bits per heavy atom. The molecule has 0 saturated carbocycles. The van der Waals surface area contributed by atoms with E-state index in [2.05, 4.69) is 6.07 Å². The number of hydrogen-bond donors (Lipinski definition) is 1. The van der Waals surface area contributed by atoms with Crippen molar-refractivity contribution < 1.29 is 4.79 Å². The summed E-state index contributed by atoms with van der Waals surface area (Å²) in [7, 11) is 1.73. The molecule has 1 heterocycles. The van der Waals surface area contributed by atoms with E-state index in [-0.39, 0.29) is 11.4 Å². The Labute approximate surface area is 113 Å². The quantitative estimate of drug-likeness (QED) is 0.861. The molecule has 1 amide bonds. The number of carbonyl (C=O) groups is 1. The van der Waals surface area contributed by atoms with Gasteiger partial charge < -0.3 is 15.5 Å². The molecule has 0 saturated heterocycles. The second-order valence-electron chi connectivity index (χ2n) is 5.37. The lowest BCUT2D eigenvalue weighted by molar-refractivity contribution is -0.117. The highest BCUT2D eigenvalue weighted by atomic mass is 16.2. The van der Waals surface area contributed by atoms with Gasteiger partial charge in [0.15, 0.2) is 0 Å². The van der Waals surface area contributed by atoms with E-state index in [0.717, 1.165) is 11.4 Å². The van der Waals surface area contributed by atoms with E-state index >= 15 is 0 Å². The molecular weight excluding hydrogens is 240 g/mol. The maximum absolute atomic E-state index is 12.1. The number of benzene rings is 1. The van der Waals surface area contributed by atoms with Crippen LogP contribution in [-0.4, -0.2) is 31.6 Å². The molecule has 0 unspecified atom stereocenters. The summed E-state index contributed by atoms with van der Waals surface area (Å²) >= 11 is 0. The third kappa shape index (κ3) is 2.15. The number of nitriles is 1. The Kier molecular flexibility index (Phi) is 3.21. The normalized spacial score (nSPS) is 15.2. The predicted molar refractivity (Wildman–Crippen MR) is 75.0 cm³/mol. The van der Waals surface area contributed by atoms with Crippen LogP contribution >= 0.6 is 0 Å². The van der Waals surface area contributed by atoms with E-state index in [4.69, 9.17) is 11.0 Å². The summed E-state index contributed by atoms with van der Waals surface area (Å²) in [6.45, 7) is 4.77. The number of fused-ring (bicyclic) bond motifs is 1. The van der Waals surface area contributed by atoms with Crippen molar-refractivity contribution >= 4 is 17.3 Å². The molecule has 1 aromatic rings.